The number of aliphatic imine (C=N–C) groups is 2. The van der Waals surface area contributed by atoms with Crippen molar-refractivity contribution in [2.24, 2.45) is 21.5 Å². The van der Waals surface area contributed by atoms with E-state index in [4.69, 9.17) is 11.5 Å². The van der Waals surface area contributed by atoms with Crippen LogP contribution in [0.1, 0.15) is 0 Å². The maximum absolute atomic E-state index is 10.5. The van der Waals surface area contributed by atoms with Crippen molar-refractivity contribution in [3.05, 3.63) is 0 Å². The molecule has 0 aromatic rings. The Labute approximate surface area is 51.5 Å². The summed E-state index contributed by atoms with van der Waals surface area (Å²) in [5.74, 6) is -0.468. The first kappa shape index (κ1) is 5.90. The predicted molar refractivity (Wildman–Crippen MR) is 33.1 cm³/mol. The van der Waals surface area contributed by atoms with E-state index in [0.29, 0.717) is 0 Å². The van der Waals surface area contributed by atoms with Crippen molar-refractivity contribution >= 4 is 18.1 Å². The van der Waals surface area contributed by atoms with Gasteiger partial charge < -0.3 is 11.5 Å². The van der Waals surface area contributed by atoms with E-state index >= 15 is 0 Å². The quantitative estimate of drug-likeness (QED) is 0.402. The van der Waals surface area contributed by atoms with Crippen LogP contribution in [0.4, 0.5) is 0 Å². The molecule has 1 atom stereocenters. The summed E-state index contributed by atoms with van der Waals surface area (Å²) in [6, 6.07) is -0.711. The third-order valence-corrected chi connectivity index (χ3v) is 0.877. The molecule has 4 N–H and O–H groups in total. The molecule has 1 heterocycles. The first-order valence-corrected chi connectivity index (χ1v) is 2.38. The van der Waals surface area contributed by atoms with Crippen LogP contribution >= 0.6 is 0 Å². The van der Waals surface area contributed by atoms with Crippen LogP contribution in [0.25, 0.3) is 0 Å². The average Bonchev–Trinajstić information content (AvgIpc) is 1.80. The number of hydrogen-bond acceptors (Lipinski definition) is 4. The topological polar surface area (TPSA) is 93.8 Å². The van der Waals surface area contributed by atoms with E-state index in [1.807, 2.05) is 0 Å². The van der Waals surface area contributed by atoms with E-state index in [9.17, 15) is 4.79 Å². The van der Waals surface area contributed by atoms with Crippen LogP contribution in [0.15, 0.2) is 9.98 Å². The third-order valence-electron chi connectivity index (χ3n) is 0.877. The summed E-state index contributed by atoms with van der Waals surface area (Å²) in [4.78, 5) is 17.3. The van der Waals surface area contributed by atoms with Crippen molar-refractivity contribution in [3.8, 4) is 0 Å². The summed E-state index contributed by atoms with van der Waals surface area (Å²) in [6.45, 7) is 0. The molecule has 1 amide bonds. The minimum absolute atomic E-state index is 0.0262. The molecule has 1 aliphatic rings. The molecule has 0 bridgehead atoms. The van der Waals surface area contributed by atoms with Crippen LogP contribution in [-0.4, -0.2) is 24.1 Å². The summed E-state index contributed by atoms with van der Waals surface area (Å²) < 4.78 is 0. The highest BCUT2D eigenvalue weighted by molar-refractivity contribution is 6.10. The number of guanidine groups is 1. The van der Waals surface area contributed by atoms with Crippen molar-refractivity contribution in [2.75, 3.05) is 0 Å². The number of nitrogens with zero attached hydrogens (tertiary/aromatic N) is 2. The molecular weight excluding hydrogens is 120 g/mol. The fourth-order valence-electron chi connectivity index (χ4n) is 0.437. The smallest absolute Gasteiger partial charge is 0.271 e. The lowest BCUT2D eigenvalue weighted by Crippen LogP contribution is -2.35. The standard InChI is InChI=1S/C4H6N4O/c5-2-1-7-4(6)8-3(2)9/h1-2H,5H2,(H2,6,8,9). The summed E-state index contributed by atoms with van der Waals surface area (Å²) >= 11 is 0. The van der Waals surface area contributed by atoms with Gasteiger partial charge in [0.25, 0.3) is 5.91 Å². The van der Waals surface area contributed by atoms with Gasteiger partial charge in [0.15, 0.2) is 0 Å². The second-order valence-electron chi connectivity index (χ2n) is 1.61. The third kappa shape index (κ3) is 1.11. The summed E-state index contributed by atoms with van der Waals surface area (Å²) in [5, 5.41) is 0. The summed E-state index contributed by atoms with van der Waals surface area (Å²) in [5.41, 5.74) is 10.2. The van der Waals surface area contributed by atoms with E-state index in [1.54, 1.807) is 0 Å². The number of rotatable bonds is 0. The van der Waals surface area contributed by atoms with E-state index in [0.717, 1.165) is 0 Å². The van der Waals surface area contributed by atoms with Gasteiger partial charge in [-0.25, -0.2) is 4.99 Å². The number of hydrogen-bond donors (Lipinski definition) is 2. The van der Waals surface area contributed by atoms with Crippen molar-refractivity contribution < 1.29 is 4.79 Å². The highest BCUT2D eigenvalue weighted by Gasteiger charge is 2.13. The Balaban J connectivity index is 2.82. The number of carbonyl (C=O) groups excluding carboxylic acids is 1. The number of amides is 1. The number of nitrogens with two attached hydrogens (primary N) is 2. The van der Waals surface area contributed by atoms with Gasteiger partial charge in [0.05, 0.1) is 0 Å². The molecule has 1 rings (SSSR count). The molecule has 0 aromatic heterocycles. The average molecular weight is 126 g/mol. The van der Waals surface area contributed by atoms with E-state index in [2.05, 4.69) is 9.98 Å². The van der Waals surface area contributed by atoms with E-state index < -0.39 is 11.9 Å². The second-order valence-corrected chi connectivity index (χ2v) is 1.61. The molecule has 0 aromatic carbocycles. The molecule has 0 radical (unpaired) electrons. The Morgan fingerprint density at radius 2 is 2.33 bits per heavy atom. The van der Waals surface area contributed by atoms with Gasteiger partial charge in [0, 0.05) is 6.21 Å². The van der Waals surface area contributed by atoms with Gasteiger partial charge in [0.2, 0.25) is 5.96 Å². The van der Waals surface area contributed by atoms with Crippen LogP contribution in [0.3, 0.4) is 0 Å². The van der Waals surface area contributed by atoms with Crippen LogP contribution in [0.2, 0.25) is 0 Å². The molecule has 0 fully saturated rings. The van der Waals surface area contributed by atoms with Crippen LogP contribution < -0.4 is 11.5 Å². The molecule has 1 aliphatic heterocycles. The Morgan fingerprint density at radius 3 is 2.78 bits per heavy atom. The Morgan fingerprint density at radius 1 is 1.67 bits per heavy atom. The lowest BCUT2D eigenvalue weighted by molar-refractivity contribution is -0.117. The lowest BCUT2D eigenvalue weighted by atomic mass is 10.3. The van der Waals surface area contributed by atoms with Gasteiger partial charge >= 0.3 is 0 Å². The van der Waals surface area contributed by atoms with Gasteiger partial charge in [-0.05, 0) is 0 Å². The van der Waals surface area contributed by atoms with Gasteiger partial charge in [-0.2, -0.15) is 4.99 Å². The highest BCUT2D eigenvalue weighted by atomic mass is 16.1. The van der Waals surface area contributed by atoms with Gasteiger partial charge in [0.1, 0.15) is 6.04 Å². The molecule has 9 heavy (non-hydrogen) atoms. The normalized spacial score (nSPS) is 26.1. The molecule has 0 saturated carbocycles. The zero-order valence-electron chi connectivity index (χ0n) is 4.61. The Hall–Kier alpha value is -1.23. The molecular formula is C4H6N4O. The minimum atomic E-state index is -0.711. The predicted octanol–water partition coefficient (Wildman–Crippen LogP) is -1.76. The lowest BCUT2D eigenvalue weighted by Gasteiger charge is -2.03. The molecule has 0 spiro atoms. The van der Waals surface area contributed by atoms with E-state index in [-0.39, 0.29) is 5.96 Å². The SMILES string of the molecule is NC1=NC(=O)C(N)C=N1. The maximum Gasteiger partial charge on any atom is 0.271 e. The van der Waals surface area contributed by atoms with Crippen molar-refractivity contribution in [3.63, 3.8) is 0 Å². The van der Waals surface area contributed by atoms with Gasteiger partial charge in [-0.1, -0.05) is 0 Å². The summed E-state index contributed by atoms with van der Waals surface area (Å²) in [7, 11) is 0. The fraction of sp³-hybridized carbons (Fsp3) is 0.250. The first-order chi connectivity index (χ1) is 4.20. The fourth-order valence-corrected chi connectivity index (χ4v) is 0.437. The van der Waals surface area contributed by atoms with Crippen LogP contribution in [0, 0.1) is 0 Å². The van der Waals surface area contributed by atoms with Crippen molar-refractivity contribution in [1.29, 1.82) is 0 Å². The van der Waals surface area contributed by atoms with Crippen molar-refractivity contribution in [1.82, 2.24) is 0 Å². The molecule has 0 saturated heterocycles. The largest absolute Gasteiger partial charge is 0.368 e. The van der Waals surface area contributed by atoms with Gasteiger partial charge in [-0.3, -0.25) is 4.79 Å². The molecule has 0 aliphatic carbocycles. The Kier molecular flexibility index (Phi) is 1.27. The first-order valence-electron chi connectivity index (χ1n) is 2.38. The molecule has 5 heteroatoms. The van der Waals surface area contributed by atoms with Crippen molar-refractivity contribution in [2.45, 2.75) is 6.04 Å². The maximum atomic E-state index is 10.5. The zero-order chi connectivity index (χ0) is 6.85. The second kappa shape index (κ2) is 1.94. The number of carbonyl (C=O) groups is 1. The van der Waals surface area contributed by atoms with Crippen LogP contribution in [0.5, 0.6) is 0 Å². The molecule has 48 valence electrons. The van der Waals surface area contributed by atoms with Crippen LogP contribution in [-0.2, 0) is 4.79 Å². The molecule has 5 nitrogen and oxygen atoms in total. The monoisotopic (exact) mass is 126 g/mol. The highest BCUT2D eigenvalue weighted by Crippen LogP contribution is 1.88. The molecule has 1 unspecified atom stereocenters. The van der Waals surface area contributed by atoms with E-state index in [1.165, 1.54) is 6.21 Å². The Bertz CT molecular complexity index is 195. The summed E-state index contributed by atoms with van der Waals surface area (Å²) in [6.07, 6.45) is 1.27. The van der Waals surface area contributed by atoms with Gasteiger partial charge in [-0.15, -0.1) is 0 Å². The zero-order valence-corrected chi connectivity index (χ0v) is 4.61. The minimum Gasteiger partial charge on any atom is -0.368 e.